The highest BCUT2D eigenvalue weighted by atomic mass is 35.5. The number of nitrogens with zero attached hydrogens (tertiary/aromatic N) is 2. The molecule has 3 rings (SSSR count). The summed E-state index contributed by atoms with van der Waals surface area (Å²) in [6.45, 7) is 3.31. The maximum absolute atomic E-state index is 13.1. The topological polar surface area (TPSA) is 106 Å². The summed E-state index contributed by atoms with van der Waals surface area (Å²) >= 11 is 7.21. The van der Waals surface area contributed by atoms with Gasteiger partial charge in [-0.1, -0.05) is 25.4 Å². The van der Waals surface area contributed by atoms with Crippen molar-refractivity contribution in [1.29, 1.82) is 0 Å². The first-order valence-corrected chi connectivity index (χ1v) is 12.8. The Morgan fingerprint density at radius 1 is 1.15 bits per heavy atom. The zero-order valence-electron chi connectivity index (χ0n) is 18.2. The van der Waals surface area contributed by atoms with Crippen LogP contribution in [0.5, 0.6) is 0 Å². The van der Waals surface area contributed by atoms with Crippen LogP contribution in [0.3, 0.4) is 0 Å². The molecule has 0 aliphatic rings. The second kappa shape index (κ2) is 11.0. The van der Waals surface area contributed by atoms with Crippen molar-refractivity contribution in [3.05, 3.63) is 64.2 Å². The molecule has 1 N–H and O–H groups in total. The van der Waals surface area contributed by atoms with Gasteiger partial charge in [0.25, 0.3) is 5.91 Å². The summed E-state index contributed by atoms with van der Waals surface area (Å²) in [6, 6.07) is 9.47. The van der Waals surface area contributed by atoms with Crippen molar-refractivity contribution in [2.75, 3.05) is 25.0 Å². The van der Waals surface area contributed by atoms with Crippen molar-refractivity contribution in [1.82, 2.24) is 9.29 Å². The number of hydrogen-bond donors (Lipinski definition) is 1. The smallest absolute Gasteiger partial charge is 0.340 e. The molecule has 0 aliphatic carbocycles. The molecular weight excluding hydrogens is 505 g/mol. The van der Waals surface area contributed by atoms with Crippen LogP contribution in [0, 0.1) is 5.82 Å². The fourth-order valence-corrected chi connectivity index (χ4v) is 5.40. The van der Waals surface area contributed by atoms with Gasteiger partial charge in [-0.2, -0.15) is 4.31 Å². The normalized spacial score (nSPS) is 11.4. The van der Waals surface area contributed by atoms with Crippen LogP contribution in [0.25, 0.3) is 11.3 Å². The summed E-state index contributed by atoms with van der Waals surface area (Å²) in [5, 5.41) is 4.47. The number of halogens is 2. The van der Waals surface area contributed by atoms with Gasteiger partial charge in [0.2, 0.25) is 10.0 Å². The van der Waals surface area contributed by atoms with Gasteiger partial charge in [-0.15, -0.1) is 11.3 Å². The molecule has 0 saturated heterocycles. The van der Waals surface area contributed by atoms with Gasteiger partial charge < -0.3 is 4.74 Å². The Kier molecular flexibility index (Phi) is 8.37. The Balaban J connectivity index is 1.64. The molecule has 34 heavy (non-hydrogen) atoms. The van der Waals surface area contributed by atoms with Gasteiger partial charge in [-0.25, -0.2) is 22.6 Å². The molecule has 0 aliphatic heterocycles. The maximum Gasteiger partial charge on any atom is 0.340 e. The molecule has 12 heteroatoms. The molecule has 0 atom stereocenters. The minimum Gasteiger partial charge on any atom is -0.452 e. The van der Waals surface area contributed by atoms with E-state index in [4.69, 9.17) is 16.3 Å². The first-order valence-electron chi connectivity index (χ1n) is 10.1. The zero-order valence-corrected chi connectivity index (χ0v) is 20.6. The molecule has 0 unspecified atom stereocenters. The van der Waals surface area contributed by atoms with Gasteiger partial charge in [-0.3, -0.25) is 10.1 Å². The second-order valence-electron chi connectivity index (χ2n) is 6.90. The van der Waals surface area contributed by atoms with Gasteiger partial charge in [0, 0.05) is 24.0 Å². The van der Waals surface area contributed by atoms with E-state index in [1.165, 1.54) is 28.6 Å². The van der Waals surface area contributed by atoms with Crippen molar-refractivity contribution in [3.8, 4) is 11.3 Å². The molecule has 2 aromatic carbocycles. The third-order valence-electron chi connectivity index (χ3n) is 4.73. The van der Waals surface area contributed by atoms with E-state index in [0.717, 1.165) is 17.4 Å². The number of benzene rings is 2. The summed E-state index contributed by atoms with van der Waals surface area (Å²) in [4.78, 5) is 28.8. The lowest BCUT2D eigenvalue weighted by molar-refractivity contribution is -0.119. The molecule has 180 valence electrons. The first kappa shape index (κ1) is 25.8. The monoisotopic (exact) mass is 525 g/mol. The minimum absolute atomic E-state index is 0.00670. The fraction of sp³-hybridized carbons (Fsp3) is 0.227. The molecule has 1 amide bonds. The number of ether oxygens (including phenoxy) is 1. The summed E-state index contributed by atoms with van der Waals surface area (Å²) in [7, 11) is -3.81. The van der Waals surface area contributed by atoms with Crippen molar-refractivity contribution in [2.24, 2.45) is 0 Å². The van der Waals surface area contributed by atoms with Crippen LogP contribution in [-0.4, -0.2) is 49.3 Å². The highest BCUT2D eigenvalue weighted by Gasteiger charge is 2.24. The van der Waals surface area contributed by atoms with Gasteiger partial charge >= 0.3 is 5.97 Å². The lowest BCUT2D eigenvalue weighted by Gasteiger charge is -2.19. The third-order valence-corrected chi connectivity index (χ3v) is 7.86. The standard InChI is InChI=1S/C22H21ClFN3O5S2/c1-3-27(4-2)34(30,31)16-9-10-18(23)17(11-16)21(29)32-12-20(28)26-22-25-19(13-33-22)14-5-7-15(24)8-6-14/h5-11,13H,3-4,12H2,1-2H3,(H,25,26,28). The van der Waals surface area contributed by atoms with E-state index in [2.05, 4.69) is 10.3 Å². The molecule has 0 spiro atoms. The number of nitrogens with one attached hydrogen (secondary N) is 1. The number of amides is 1. The second-order valence-corrected chi connectivity index (χ2v) is 10.1. The molecular formula is C22H21ClFN3O5S2. The van der Waals surface area contributed by atoms with Crippen LogP contribution in [-0.2, 0) is 19.6 Å². The number of hydrogen-bond acceptors (Lipinski definition) is 7. The maximum atomic E-state index is 13.1. The average Bonchev–Trinajstić information content (AvgIpc) is 3.27. The van der Waals surface area contributed by atoms with E-state index >= 15 is 0 Å². The van der Waals surface area contributed by atoms with Gasteiger partial charge in [0.05, 0.1) is 21.2 Å². The lowest BCUT2D eigenvalue weighted by Crippen LogP contribution is -2.30. The van der Waals surface area contributed by atoms with E-state index in [1.54, 1.807) is 31.4 Å². The lowest BCUT2D eigenvalue weighted by atomic mass is 10.2. The molecule has 1 heterocycles. The van der Waals surface area contributed by atoms with Crippen molar-refractivity contribution in [2.45, 2.75) is 18.7 Å². The van der Waals surface area contributed by atoms with Crippen LogP contribution >= 0.6 is 22.9 Å². The summed E-state index contributed by atoms with van der Waals surface area (Å²) < 4.78 is 44.8. The Labute approximate surface area is 205 Å². The summed E-state index contributed by atoms with van der Waals surface area (Å²) in [6.07, 6.45) is 0. The van der Waals surface area contributed by atoms with Crippen molar-refractivity contribution in [3.63, 3.8) is 0 Å². The molecule has 0 bridgehead atoms. The quantitative estimate of drug-likeness (QED) is 0.414. The molecule has 8 nitrogen and oxygen atoms in total. The van der Waals surface area contributed by atoms with Gasteiger partial charge in [0.15, 0.2) is 11.7 Å². The first-order chi connectivity index (χ1) is 16.1. The molecule has 0 fully saturated rings. The van der Waals surface area contributed by atoms with Crippen LogP contribution < -0.4 is 5.32 Å². The Bertz CT molecular complexity index is 1290. The summed E-state index contributed by atoms with van der Waals surface area (Å²) in [5.41, 5.74) is 1.06. The minimum atomic E-state index is -3.81. The van der Waals surface area contributed by atoms with Crippen LogP contribution in [0.1, 0.15) is 24.2 Å². The fourth-order valence-electron chi connectivity index (χ4n) is 2.98. The molecule has 0 radical (unpaired) electrons. The predicted octanol–water partition coefficient (Wildman–Crippen LogP) is 4.43. The molecule has 3 aromatic rings. The van der Waals surface area contributed by atoms with Gasteiger partial charge in [-0.05, 0) is 42.5 Å². The zero-order chi connectivity index (χ0) is 24.9. The van der Waals surface area contributed by atoms with Crippen LogP contribution in [0.4, 0.5) is 9.52 Å². The number of carbonyl (C=O) groups is 2. The van der Waals surface area contributed by atoms with E-state index in [9.17, 15) is 22.4 Å². The number of thiazole rings is 1. The average molecular weight is 526 g/mol. The predicted molar refractivity (Wildman–Crippen MR) is 128 cm³/mol. The van der Waals surface area contributed by atoms with Crippen LogP contribution in [0.15, 0.2) is 52.7 Å². The summed E-state index contributed by atoms with van der Waals surface area (Å²) in [5.74, 6) is -1.95. The highest BCUT2D eigenvalue weighted by Crippen LogP contribution is 2.26. The Morgan fingerprint density at radius 2 is 1.82 bits per heavy atom. The number of rotatable bonds is 9. The number of anilines is 1. The third kappa shape index (κ3) is 5.98. The number of aromatic nitrogens is 1. The van der Waals surface area contributed by atoms with E-state index in [0.29, 0.717) is 11.3 Å². The molecule has 1 aromatic heterocycles. The van der Waals surface area contributed by atoms with Crippen LogP contribution in [0.2, 0.25) is 5.02 Å². The Morgan fingerprint density at radius 3 is 2.47 bits per heavy atom. The Hall–Kier alpha value is -2.86. The van der Waals surface area contributed by atoms with E-state index in [1.807, 2.05) is 0 Å². The molecule has 0 saturated carbocycles. The number of esters is 1. The number of carbonyl (C=O) groups excluding carboxylic acids is 2. The highest BCUT2D eigenvalue weighted by molar-refractivity contribution is 7.89. The SMILES string of the molecule is CCN(CC)S(=O)(=O)c1ccc(Cl)c(C(=O)OCC(=O)Nc2nc(-c3ccc(F)cc3)cs2)c1. The van der Waals surface area contributed by atoms with Gasteiger partial charge in [0.1, 0.15) is 5.82 Å². The largest absolute Gasteiger partial charge is 0.452 e. The van der Waals surface area contributed by atoms with E-state index < -0.39 is 28.5 Å². The van der Waals surface area contributed by atoms with E-state index in [-0.39, 0.29) is 39.5 Å². The number of sulfonamides is 1. The van der Waals surface area contributed by atoms with Crippen molar-refractivity contribution >= 4 is 50.0 Å². The van der Waals surface area contributed by atoms with Crippen molar-refractivity contribution < 1.29 is 27.1 Å².